The number of hydrogen-bond donors (Lipinski definition) is 2. The number of amides is 1. The second kappa shape index (κ2) is 11.3. The third-order valence-corrected chi connectivity index (χ3v) is 5.23. The van der Waals surface area contributed by atoms with Gasteiger partial charge in [0.1, 0.15) is 5.82 Å². The number of benzene rings is 2. The molecule has 0 aromatic heterocycles. The van der Waals surface area contributed by atoms with Crippen molar-refractivity contribution in [2.75, 3.05) is 26.2 Å². The summed E-state index contributed by atoms with van der Waals surface area (Å²) in [5.41, 5.74) is 2.88. The molecule has 1 aliphatic heterocycles. The molecule has 1 amide bonds. The van der Waals surface area contributed by atoms with Crippen LogP contribution in [0.1, 0.15) is 47.7 Å². The van der Waals surface area contributed by atoms with E-state index >= 15 is 0 Å². The number of halogens is 1. The minimum absolute atomic E-state index is 0.126. The molecule has 1 heterocycles. The molecular weight excluding hydrogens is 379 g/mol. The molecule has 0 aliphatic carbocycles. The van der Waals surface area contributed by atoms with Gasteiger partial charge in [0.05, 0.1) is 6.54 Å². The highest BCUT2D eigenvalue weighted by atomic mass is 19.1. The van der Waals surface area contributed by atoms with Crippen molar-refractivity contribution in [3.63, 3.8) is 0 Å². The molecule has 1 aliphatic rings. The fourth-order valence-corrected chi connectivity index (χ4v) is 3.52. The summed E-state index contributed by atoms with van der Waals surface area (Å²) in [5.74, 6) is 0.652. The van der Waals surface area contributed by atoms with E-state index in [0.29, 0.717) is 13.1 Å². The van der Waals surface area contributed by atoms with Gasteiger partial charge in [0, 0.05) is 31.7 Å². The molecule has 2 aromatic carbocycles. The van der Waals surface area contributed by atoms with Crippen LogP contribution in [0, 0.1) is 5.82 Å². The molecule has 0 atom stereocenters. The lowest BCUT2D eigenvalue weighted by molar-refractivity contribution is 0.0724. The largest absolute Gasteiger partial charge is 0.357 e. The van der Waals surface area contributed by atoms with Gasteiger partial charge in [-0.15, -0.1) is 0 Å². The SMILES string of the molecule is CCNC(=NCc1ccc(C(=O)N2CCCCC2)cc1)NCCc1ccc(F)cc1. The molecule has 160 valence electrons. The number of guanidine groups is 1. The fourth-order valence-electron chi connectivity index (χ4n) is 3.52. The van der Waals surface area contributed by atoms with E-state index in [1.807, 2.05) is 36.1 Å². The summed E-state index contributed by atoms with van der Waals surface area (Å²) >= 11 is 0. The molecule has 0 radical (unpaired) electrons. The predicted molar refractivity (Wildman–Crippen MR) is 119 cm³/mol. The van der Waals surface area contributed by atoms with E-state index in [9.17, 15) is 9.18 Å². The Bertz CT molecular complexity index is 827. The Balaban J connectivity index is 1.52. The van der Waals surface area contributed by atoms with Crippen LogP contribution in [0.15, 0.2) is 53.5 Å². The number of nitrogens with one attached hydrogen (secondary N) is 2. The Kier molecular flexibility index (Phi) is 8.24. The Hall–Kier alpha value is -2.89. The maximum Gasteiger partial charge on any atom is 0.253 e. The van der Waals surface area contributed by atoms with Crippen LogP contribution in [-0.4, -0.2) is 42.9 Å². The molecule has 1 fully saturated rings. The van der Waals surface area contributed by atoms with E-state index in [-0.39, 0.29) is 11.7 Å². The lowest BCUT2D eigenvalue weighted by Gasteiger charge is -2.26. The van der Waals surface area contributed by atoms with Crippen LogP contribution >= 0.6 is 0 Å². The third-order valence-electron chi connectivity index (χ3n) is 5.23. The van der Waals surface area contributed by atoms with E-state index in [2.05, 4.69) is 15.6 Å². The van der Waals surface area contributed by atoms with Gasteiger partial charge in [0.2, 0.25) is 0 Å². The van der Waals surface area contributed by atoms with Gasteiger partial charge in [-0.3, -0.25) is 4.79 Å². The van der Waals surface area contributed by atoms with Crippen molar-refractivity contribution >= 4 is 11.9 Å². The first kappa shape index (κ1) is 21.8. The zero-order valence-corrected chi connectivity index (χ0v) is 17.7. The molecule has 0 spiro atoms. The zero-order valence-electron chi connectivity index (χ0n) is 17.7. The van der Waals surface area contributed by atoms with Crippen LogP contribution in [0.3, 0.4) is 0 Å². The van der Waals surface area contributed by atoms with E-state index in [1.54, 1.807) is 12.1 Å². The van der Waals surface area contributed by atoms with Crippen LogP contribution in [0.2, 0.25) is 0 Å². The average molecular weight is 411 g/mol. The van der Waals surface area contributed by atoms with Crippen molar-refractivity contribution in [2.45, 2.75) is 39.2 Å². The zero-order chi connectivity index (χ0) is 21.2. The van der Waals surface area contributed by atoms with Gasteiger partial charge in [0.15, 0.2) is 5.96 Å². The highest BCUT2D eigenvalue weighted by Gasteiger charge is 2.17. The van der Waals surface area contributed by atoms with Crippen LogP contribution in [0.25, 0.3) is 0 Å². The summed E-state index contributed by atoms with van der Waals surface area (Å²) in [7, 11) is 0. The van der Waals surface area contributed by atoms with Crippen molar-refractivity contribution in [1.29, 1.82) is 0 Å². The van der Waals surface area contributed by atoms with Crippen molar-refractivity contribution in [2.24, 2.45) is 4.99 Å². The number of carbonyl (C=O) groups excluding carboxylic acids is 1. The maximum absolute atomic E-state index is 13.0. The minimum atomic E-state index is -0.217. The van der Waals surface area contributed by atoms with Gasteiger partial charge in [0.25, 0.3) is 5.91 Å². The lowest BCUT2D eigenvalue weighted by atomic mass is 10.1. The van der Waals surface area contributed by atoms with Crippen molar-refractivity contribution < 1.29 is 9.18 Å². The van der Waals surface area contributed by atoms with E-state index in [4.69, 9.17) is 0 Å². The van der Waals surface area contributed by atoms with Gasteiger partial charge >= 0.3 is 0 Å². The summed E-state index contributed by atoms with van der Waals surface area (Å²) in [5, 5.41) is 6.55. The second-order valence-corrected chi connectivity index (χ2v) is 7.55. The maximum atomic E-state index is 13.0. The van der Waals surface area contributed by atoms with Crippen molar-refractivity contribution in [3.05, 3.63) is 71.0 Å². The summed E-state index contributed by atoms with van der Waals surface area (Å²) in [4.78, 5) is 19.2. The van der Waals surface area contributed by atoms with E-state index in [0.717, 1.165) is 61.5 Å². The fraction of sp³-hybridized carbons (Fsp3) is 0.417. The number of carbonyl (C=O) groups is 1. The standard InChI is InChI=1S/C24H31FN4O/c1-2-26-24(27-15-14-19-8-12-22(25)13-9-19)28-18-20-6-10-21(11-7-20)23(30)29-16-4-3-5-17-29/h6-13H,2-5,14-18H2,1H3,(H2,26,27,28). The highest BCUT2D eigenvalue weighted by Crippen LogP contribution is 2.14. The molecular formula is C24H31FN4O. The smallest absolute Gasteiger partial charge is 0.253 e. The minimum Gasteiger partial charge on any atom is -0.357 e. The first-order valence-electron chi connectivity index (χ1n) is 10.8. The van der Waals surface area contributed by atoms with E-state index in [1.165, 1.54) is 18.6 Å². The van der Waals surface area contributed by atoms with Gasteiger partial charge in [-0.1, -0.05) is 24.3 Å². The number of hydrogen-bond acceptors (Lipinski definition) is 2. The number of aliphatic imine (C=N–C) groups is 1. The average Bonchev–Trinajstić information content (AvgIpc) is 2.79. The Morgan fingerprint density at radius 3 is 2.30 bits per heavy atom. The van der Waals surface area contributed by atoms with Gasteiger partial charge in [-0.2, -0.15) is 0 Å². The van der Waals surface area contributed by atoms with Crippen molar-refractivity contribution in [1.82, 2.24) is 15.5 Å². The normalized spacial score (nSPS) is 14.5. The first-order valence-corrected chi connectivity index (χ1v) is 10.8. The molecule has 30 heavy (non-hydrogen) atoms. The Morgan fingerprint density at radius 1 is 0.967 bits per heavy atom. The molecule has 0 bridgehead atoms. The summed E-state index contributed by atoms with van der Waals surface area (Å²) < 4.78 is 13.0. The molecule has 0 saturated carbocycles. The van der Waals surface area contributed by atoms with Gasteiger partial charge < -0.3 is 15.5 Å². The highest BCUT2D eigenvalue weighted by molar-refractivity contribution is 5.94. The Labute approximate surface area is 178 Å². The number of piperidine rings is 1. The summed E-state index contributed by atoms with van der Waals surface area (Å²) in [6.07, 6.45) is 4.20. The monoisotopic (exact) mass is 410 g/mol. The van der Waals surface area contributed by atoms with Gasteiger partial charge in [-0.25, -0.2) is 9.38 Å². The van der Waals surface area contributed by atoms with Gasteiger partial charge in [-0.05, 0) is 68.0 Å². The molecule has 6 heteroatoms. The summed E-state index contributed by atoms with van der Waals surface area (Å²) in [6.45, 7) is 5.76. The molecule has 2 N–H and O–H groups in total. The lowest BCUT2D eigenvalue weighted by Crippen LogP contribution is -2.38. The number of rotatable bonds is 7. The van der Waals surface area contributed by atoms with Crippen LogP contribution in [0.4, 0.5) is 4.39 Å². The van der Waals surface area contributed by atoms with Crippen molar-refractivity contribution in [3.8, 4) is 0 Å². The molecule has 0 unspecified atom stereocenters. The Morgan fingerprint density at radius 2 is 1.63 bits per heavy atom. The number of nitrogens with zero attached hydrogens (tertiary/aromatic N) is 2. The summed E-state index contributed by atoms with van der Waals surface area (Å²) in [6, 6.07) is 14.3. The first-order chi connectivity index (χ1) is 14.7. The van der Waals surface area contributed by atoms with Crippen LogP contribution < -0.4 is 10.6 Å². The molecule has 3 rings (SSSR count). The second-order valence-electron chi connectivity index (χ2n) is 7.55. The van der Waals surface area contributed by atoms with Crippen LogP contribution in [0.5, 0.6) is 0 Å². The van der Waals surface area contributed by atoms with Crippen LogP contribution in [-0.2, 0) is 13.0 Å². The third kappa shape index (κ3) is 6.58. The molecule has 5 nitrogen and oxygen atoms in total. The number of likely N-dealkylation sites (tertiary alicyclic amines) is 1. The topological polar surface area (TPSA) is 56.7 Å². The molecule has 1 saturated heterocycles. The predicted octanol–water partition coefficient (Wildman–Crippen LogP) is 3.75. The van der Waals surface area contributed by atoms with E-state index < -0.39 is 0 Å². The quantitative estimate of drug-likeness (QED) is 0.540. The molecule has 2 aromatic rings.